The molecule has 0 aromatic heterocycles. The molecule has 33 heavy (non-hydrogen) atoms. The van der Waals surface area contributed by atoms with Crippen LogP contribution in [0.15, 0.2) is 78.0 Å². The Morgan fingerprint density at radius 3 is 2.48 bits per heavy atom. The molecule has 170 valence electrons. The van der Waals surface area contributed by atoms with E-state index in [1.165, 1.54) is 12.1 Å². The number of carbonyl (C=O) groups is 1. The summed E-state index contributed by atoms with van der Waals surface area (Å²) >= 11 is 0. The summed E-state index contributed by atoms with van der Waals surface area (Å²) in [5.74, 6) is 0.290. The molecule has 0 bridgehead atoms. The fourth-order valence-corrected chi connectivity index (χ4v) is 3.79. The van der Waals surface area contributed by atoms with Gasteiger partial charge in [0.2, 0.25) is 0 Å². The normalized spacial score (nSPS) is 14.9. The Morgan fingerprint density at radius 1 is 1.03 bits per heavy atom. The number of carbonyl (C=O) groups excluding carboxylic acids is 1. The van der Waals surface area contributed by atoms with Crippen molar-refractivity contribution < 1.29 is 23.5 Å². The topological polar surface area (TPSA) is 60.4 Å². The summed E-state index contributed by atoms with van der Waals surface area (Å²) in [5.41, 5.74) is 2.58. The van der Waals surface area contributed by atoms with Crippen molar-refractivity contribution in [2.75, 3.05) is 20.8 Å². The summed E-state index contributed by atoms with van der Waals surface area (Å²) in [6.07, 6.45) is 0.151. The molecular formula is C26H25FN2O4. The molecule has 6 nitrogen and oxygen atoms in total. The number of oxime groups is 1. The van der Waals surface area contributed by atoms with Crippen LogP contribution in [0.5, 0.6) is 11.5 Å². The third-order valence-electron chi connectivity index (χ3n) is 5.48. The molecule has 1 aliphatic heterocycles. The second kappa shape index (κ2) is 10.2. The summed E-state index contributed by atoms with van der Waals surface area (Å²) in [6, 6.07) is 21.1. The van der Waals surface area contributed by atoms with Crippen LogP contribution >= 0.6 is 0 Å². The number of methoxy groups -OCH3 is 2. The van der Waals surface area contributed by atoms with Crippen LogP contribution in [0.3, 0.4) is 0 Å². The lowest BCUT2D eigenvalue weighted by molar-refractivity contribution is 0.0402. The lowest BCUT2D eigenvalue weighted by atomic mass is 10.0. The summed E-state index contributed by atoms with van der Waals surface area (Å²) in [6.45, 7) is 0.599. The fourth-order valence-electron chi connectivity index (χ4n) is 3.79. The van der Waals surface area contributed by atoms with Gasteiger partial charge >= 0.3 is 0 Å². The molecule has 4 rings (SSSR count). The van der Waals surface area contributed by atoms with E-state index >= 15 is 0 Å². The predicted octanol–water partition coefficient (Wildman–Crippen LogP) is 4.68. The van der Waals surface area contributed by atoms with E-state index in [0.717, 1.165) is 16.8 Å². The van der Waals surface area contributed by atoms with Gasteiger partial charge in [0.1, 0.15) is 5.82 Å². The Kier molecular flexibility index (Phi) is 6.88. The molecule has 0 unspecified atom stereocenters. The van der Waals surface area contributed by atoms with Crippen molar-refractivity contribution in [3.63, 3.8) is 0 Å². The highest BCUT2D eigenvalue weighted by Crippen LogP contribution is 2.30. The maximum absolute atomic E-state index is 14.3. The van der Waals surface area contributed by atoms with Gasteiger partial charge < -0.3 is 19.2 Å². The summed E-state index contributed by atoms with van der Waals surface area (Å²) in [7, 11) is 3.16. The van der Waals surface area contributed by atoms with Gasteiger partial charge in [0, 0.05) is 18.5 Å². The molecule has 0 saturated carbocycles. The molecule has 1 heterocycles. The van der Waals surface area contributed by atoms with Gasteiger partial charge in [-0.1, -0.05) is 47.6 Å². The van der Waals surface area contributed by atoms with E-state index in [9.17, 15) is 9.18 Å². The van der Waals surface area contributed by atoms with Crippen LogP contribution in [-0.2, 0) is 11.4 Å². The third kappa shape index (κ3) is 5.14. The first-order valence-corrected chi connectivity index (χ1v) is 10.6. The lowest BCUT2D eigenvalue weighted by Crippen LogP contribution is -2.37. The van der Waals surface area contributed by atoms with Gasteiger partial charge in [0.25, 0.3) is 5.91 Å². The fraction of sp³-hybridized carbons (Fsp3) is 0.231. The summed E-state index contributed by atoms with van der Waals surface area (Å²) in [4.78, 5) is 20.5. The van der Waals surface area contributed by atoms with Crippen LogP contribution in [0.2, 0.25) is 0 Å². The van der Waals surface area contributed by atoms with E-state index in [1.54, 1.807) is 31.3 Å². The molecule has 0 spiro atoms. The number of rotatable bonds is 8. The average molecular weight is 448 g/mol. The van der Waals surface area contributed by atoms with E-state index in [4.69, 9.17) is 14.3 Å². The summed E-state index contributed by atoms with van der Waals surface area (Å²) < 4.78 is 25.0. The van der Waals surface area contributed by atoms with Crippen molar-refractivity contribution in [3.05, 3.63) is 95.3 Å². The highest BCUT2D eigenvalue weighted by atomic mass is 19.1. The van der Waals surface area contributed by atoms with E-state index in [2.05, 4.69) is 5.16 Å². The van der Waals surface area contributed by atoms with Crippen molar-refractivity contribution in [1.82, 2.24) is 4.90 Å². The average Bonchev–Trinajstić information content (AvgIpc) is 3.32. The molecule has 7 heteroatoms. The Labute approximate surface area is 192 Å². The van der Waals surface area contributed by atoms with Gasteiger partial charge in [-0.05, 0) is 35.9 Å². The van der Waals surface area contributed by atoms with E-state index in [1.807, 2.05) is 48.5 Å². The summed E-state index contributed by atoms with van der Waals surface area (Å²) in [5, 5.41) is 4.24. The van der Waals surface area contributed by atoms with Crippen LogP contribution in [0.25, 0.3) is 0 Å². The highest BCUT2D eigenvalue weighted by Gasteiger charge is 2.28. The SMILES string of the molecule is COc1ccc(C2=NO[C@H](CN(Cc3ccccc3)C(=O)c3ccccc3F)C2)cc1OC. The molecule has 0 aliphatic carbocycles. The van der Waals surface area contributed by atoms with E-state index in [-0.39, 0.29) is 24.1 Å². The van der Waals surface area contributed by atoms with Crippen LogP contribution in [0.4, 0.5) is 4.39 Å². The molecule has 1 amide bonds. The first kappa shape index (κ1) is 22.3. The number of benzene rings is 3. The van der Waals surface area contributed by atoms with Crippen LogP contribution in [0.1, 0.15) is 27.9 Å². The molecule has 0 saturated heterocycles. The van der Waals surface area contributed by atoms with Gasteiger partial charge in [-0.3, -0.25) is 4.79 Å². The van der Waals surface area contributed by atoms with Crippen molar-refractivity contribution in [2.24, 2.45) is 5.16 Å². The first-order valence-electron chi connectivity index (χ1n) is 10.6. The molecule has 0 N–H and O–H groups in total. The quantitative estimate of drug-likeness (QED) is 0.502. The number of hydrogen-bond donors (Lipinski definition) is 0. The minimum Gasteiger partial charge on any atom is -0.493 e. The Bertz CT molecular complexity index is 1150. The second-order valence-corrected chi connectivity index (χ2v) is 7.69. The van der Waals surface area contributed by atoms with E-state index < -0.39 is 5.82 Å². The molecule has 3 aromatic rings. The first-order chi connectivity index (χ1) is 16.1. The van der Waals surface area contributed by atoms with Crippen molar-refractivity contribution in [1.29, 1.82) is 0 Å². The smallest absolute Gasteiger partial charge is 0.257 e. The Morgan fingerprint density at radius 2 is 1.76 bits per heavy atom. The van der Waals surface area contributed by atoms with Crippen molar-refractivity contribution in [3.8, 4) is 11.5 Å². The zero-order valence-electron chi connectivity index (χ0n) is 18.5. The minimum atomic E-state index is -0.546. The maximum atomic E-state index is 14.3. The van der Waals surface area contributed by atoms with Gasteiger partial charge in [0.15, 0.2) is 17.6 Å². The number of ether oxygens (including phenoxy) is 2. The number of nitrogens with zero attached hydrogens (tertiary/aromatic N) is 2. The lowest BCUT2D eigenvalue weighted by Gasteiger charge is -2.25. The van der Waals surface area contributed by atoms with Crippen molar-refractivity contribution in [2.45, 2.75) is 19.1 Å². The van der Waals surface area contributed by atoms with Gasteiger partial charge in [0.05, 0.1) is 32.0 Å². The van der Waals surface area contributed by atoms with Crippen molar-refractivity contribution >= 4 is 11.6 Å². The number of amides is 1. The Hall–Kier alpha value is -3.87. The maximum Gasteiger partial charge on any atom is 0.257 e. The molecule has 1 aliphatic rings. The van der Waals surface area contributed by atoms with Gasteiger partial charge in [-0.25, -0.2) is 4.39 Å². The number of hydrogen-bond acceptors (Lipinski definition) is 5. The molecular weight excluding hydrogens is 423 g/mol. The third-order valence-corrected chi connectivity index (χ3v) is 5.48. The minimum absolute atomic E-state index is 0.0347. The van der Waals surface area contributed by atoms with Crippen LogP contribution in [-0.4, -0.2) is 43.4 Å². The molecule has 1 atom stereocenters. The van der Waals surface area contributed by atoms with Crippen LogP contribution < -0.4 is 9.47 Å². The second-order valence-electron chi connectivity index (χ2n) is 7.69. The molecule has 3 aromatic carbocycles. The van der Waals surface area contributed by atoms with Gasteiger partial charge in [-0.2, -0.15) is 0 Å². The largest absolute Gasteiger partial charge is 0.493 e. The van der Waals surface area contributed by atoms with Crippen LogP contribution in [0, 0.1) is 5.82 Å². The zero-order valence-corrected chi connectivity index (χ0v) is 18.5. The Balaban J connectivity index is 1.51. The van der Waals surface area contributed by atoms with Gasteiger partial charge in [-0.15, -0.1) is 0 Å². The highest BCUT2D eigenvalue weighted by molar-refractivity contribution is 6.02. The standard InChI is InChI=1S/C26H25FN2O4/c1-31-24-13-12-19(14-25(24)32-2)23-15-20(33-28-23)17-29(16-18-8-4-3-5-9-18)26(30)21-10-6-7-11-22(21)27/h3-14,20H,15-17H2,1-2H3/t20-/m0/s1. The zero-order chi connectivity index (χ0) is 23.2. The monoisotopic (exact) mass is 448 g/mol. The molecule has 0 radical (unpaired) electrons. The van der Waals surface area contributed by atoms with E-state index in [0.29, 0.717) is 24.5 Å². The predicted molar refractivity (Wildman–Crippen MR) is 123 cm³/mol. The molecule has 0 fully saturated rings. The number of halogens is 1.